The molecular weight excluding hydrogens is 310 g/mol. The predicted octanol–water partition coefficient (Wildman–Crippen LogP) is 2.33. The van der Waals surface area contributed by atoms with Gasteiger partial charge in [-0.2, -0.15) is 0 Å². The molecule has 0 bridgehead atoms. The lowest BCUT2D eigenvalue weighted by atomic mass is 10.2. The van der Waals surface area contributed by atoms with Crippen molar-refractivity contribution in [3.05, 3.63) is 53.3 Å². The lowest BCUT2D eigenvalue weighted by Crippen LogP contribution is -2.30. The van der Waals surface area contributed by atoms with Crippen LogP contribution in [0, 0.1) is 0 Å². The third kappa shape index (κ3) is 3.86. The Morgan fingerprint density at radius 2 is 1.90 bits per heavy atom. The number of nitrogens with two attached hydrogens (primary N) is 1. The number of sulfonamides is 1. The van der Waals surface area contributed by atoms with Gasteiger partial charge < -0.3 is 5.73 Å². The Balaban J connectivity index is 2.17. The molecule has 0 saturated heterocycles. The highest BCUT2D eigenvalue weighted by Crippen LogP contribution is 2.28. The van der Waals surface area contributed by atoms with Crippen LogP contribution in [-0.4, -0.2) is 26.2 Å². The summed E-state index contributed by atoms with van der Waals surface area (Å²) in [5.74, 6) is -0.0144. The molecule has 5 nitrogen and oxygen atoms in total. The number of rotatable bonds is 5. The summed E-state index contributed by atoms with van der Waals surface area (Å²) in [6.45, 7) is 0. The number of anilines is 2. The summed E-state index contributed by atoms with van der Waals surface area (Å²) in [5, 5.41) is 0.440. The minimum atomic E-state index is -3.48. The normalized spacial score (nSPS) is 11.3. The fourth-order valence-corrected chi connectivity index (χ4v) is 3.26. The van der Waals surface area contributed by atoms with Crippen LogP contribution in [-0.2, 0) is 16.4 Å². The zero-order chi connectivity index (χ0) is 15.5. The standard InChI is InChI=1S/C14H16ClN3O2S/c1-18(14-10-12(15)2-3-13(14)16)21(19,20)9-6-11-4-7-17-8-5-11/h2-5,7-8,10H,6,9,16H2,1H3. The summed E-state index contributed by atoms with van der Waals surface area (Å²) in [6, 6.07) is 8.35. The second-order valence-electron chi connectivity index (χ2n) is 4.59. The molecule has 0 radical (unpaired) electrons. The lowest BCUT2D eigenvalue weighted by Gasteiger charge is -2.21. The minimum Gasteiger partial charge on any atom is -0.397 e. The van der Waals surface area contributed by atoms with E-state index in [9.17, 15) is 8.42 Å². The molecule has 0 unspecified atom stereocenters. The van der Waals surface area contributed by atoms with Gasteiger partial charge in [-0.3, -0.25) is 9.29 Å². The smallest absolute Gasteiger partial charge is 0.235 e. The maximum atomic E-state index is 12.4. The quantitative estimate of drug-likeness (QED) is 0.856. The average Bonchev–Trinajstić information content (AvgIpc) is 2.48. The number of benzene rings is 1. The number of aromatic nitrogens is 1. The highest BCUT2D eigenvalue weighted by atomic mass is 35.5. The van der Waals surface area contributed by atoms with Crippen molar-refractivity contribution in [1.82, 2.24) is 4.98 Å². The molecule has 0 amide bonds. The number of nitrogens with zero attached hydrogens (tertiary/aromatic N) is 2. The molecule has 7 heteroatoms. The third-order valence-electron chi connectivity index (χ3n) is 3.15. The molecule has 1 heterocycles. The maximum absolute atomic E-state index is 12.4. The molecule has 0 fully saturated rings. The summed E-state index contributed by atoms with van der Waals surface area (Å²) < 4.78 is 25.9. The van der Waals surface area contributed by atoms with Crippen LogP contribution in [0.5, 0.6) is 0 Å². The third-order valence-corrected chi connectivity index (χ3v) is 5.13. The highest BCUT2D eigenvalue weighted by Gasteiger charge is 2.20. The van der Waals surface area contributed by atoms with E-state index in [-0.39, 0.29) is 5.75 Å². The Labute approximate surface area is 129 Å². The Hall–Kier alpha value is -1.79. The number of hydrogen-bond acceptors (Lipinski definition) is 4. The Morgan fingerprint density at radius 1 is 1.24 bits per heavy atom. The van der Waals surface area contributed by atoms with Crippen LogP contribution in [0.4, 0.5) is 11.4 Å². The monoisotopic (exact) mass is 325 g/mol. The van der Waals surface area contributed by atoms with Crippen LogP contribution in [0.2, 0.25) is 5.02 Å². The summed E-state index contributed by atoms with van der Waals surface area (Å²) in [4.78, 5) is 3.90. The first-order chi connectivity index (χ1) is 9.90. The Bertz CT molecular complexity index is 720. The van der Waals surface area contributed by atoms with Gasteiger partial charge in [-0.05, 0) is 42.3 Å². The van der Waals surface area contributed by atoms with E-state index in [0.29, 0.717) is 22.8 Å². The van der Waals surface area contributed by atoms with Gasteiger partial charge in [0.25, 0.3) is 0 Å². The van der Waals surface area contributed by atoms with Gasteiger partial charge in [0.2, 0.25) is 10.0 Å². The fraction of sp³-hybridized carbons (Fsp3) is 0.214. The predicted molar refractivity (Wildman–Crippen MR) is 86.0 cm³/mol. The zero-order valence-electron chi connectivity index (χ0n) is 11.5. The topological polar surface area (TPSA) is 76.3 Å². The molecule has 0 spiro atoms. The van der Waals surface area contributed by atoms with E-state index in [1.165, 1.54) is 11.4 Å². The Morgan fingerprint density at radius 3 is 2.57 bits per heavy atom. The van der Waals surface area contributed by atoms with E-state index < -0.39 is 10.0 Å². The first kappa shape index (κ1) is 15.6. The van der Waals surface area contributed by atoms with E-state index in [2.05, 4.69) is 4.98 Å². The van der Waals surface area contributed by atoms with Gasteiger partial charge >= 0.3 is 0 Å². The van der Waals surface area contributed by atoms with E-state index in [4.69, 9.17) is 17.3 Å². The number of pyridine rings is 1. The number of nitrogen functional groups attached to an aromatic ring is 1. The van der Waals surface area contributed by atoms with E-state index in [1.54, 1.807) is 42.7 Å². The number of hydrogen-bond donors (Lipinski definition) is 1. The summed E-state index contributed by atoms with van der Waals surface area (Å²) in [7, 11) is -2.00. The van der Waals surface area contributed by atoms with Crippen molar-refractivity contribution >= 4 is 33.0 Å². The lowest BCUT2D eigenvalue weighted by molar-refractivity contribution is 0.593. The second kappa shape index (κ2) is 6.32. The molecule has 1 aromatic carbocycles. The van der Waals surface area contributed by atoms with Crippen molar-refractivity contribution in [2.24, 2.45) is 0 Å². The van der Waals surface area contributed by atoms with Crippen LogP contribution >= 0.6 is 11.6 Å². The first-order valence-corrected chi connectivity index (χ1v) is 8.29. The van der Waals surface area contributed by atoms with Gasteiger partial charge in [0.15, 0.2) is 0 Å². The average molecular weight is 326 g/mol. The highest BCUT2D eigenvalue weighted by molar-refractivity contribution is 7.92. The van der Waals surface area contributed by atoms with E-state index >= 15 is 0 Å². The summed E-state index contributed by atoms with van der Waals surface area (Å²) in [6.07, 6.45) is 3.69. The molecule has 0 aliphatic rings. The van der Waals surface area contributed by atoms with Gasteiger partial charge in [-0.1, -0.05) is 11.6 Å². The van der Waals surface area contributed by atoms with Crippen LogP contribution < -0.4 is 10.0 Å². The van der Waals surface area contributed by atoms with Gasteiger partial charge in [0, 0.05) is 24.5 Å². The molecule has 0 saturated carbocycles. The maximum Gasteiger partial charge on any atom is 0.235 e. The van der Waals surface area contributed by atoms with Crippen LogP contribution in [0.15, 0.2) is 42.7 Å². The van der Waals surface area contributed by atoms with Crippen LogP contribution in [0.1, 0.15) is 5.56 Å². The molecule has 21 heavy (non-hydrogen) atoms. The van der Waals surface area contributed by atoms with Crippen molar-refractivity contribution in [2.75, 3.05) is 22.8 Å². The van der Waals surface area contributed by atoms with Gasteiger partial charge in [0.1, 0.15) is 0 Å². The molecule has 0 aliphatic carbocycles. The van der Waals surface area contributed by atoms with Crippen LogP contribution in [0.3, 0.4) is 0 Å². The van der Waals surface area contributed by atoms with Crippen molar-refractivity contribution < 1.29 is 8.42 Å². The minimum absolute atomic E-state index is 0.0144. The number of aryl methyl sites for hydroxylation is 1. The molecular formula is C14H16ClN3O2S. The van der Waals surface area contributed by atoms with Crippen molar-refractivity contribution in [2.45, 2.75) is 6.42 Å². The van der Waals surface area contributed by atoms with Crippen molar-refractivity contribution in [3.8, 4) is 0 Å². The van der Waals surface area contributed by atoms with Crippen LogP contribution in [0.25, 0.3) is 0 Å². The second-order valence-corrected chi connectivity index (χ2v) is 7.15. The Kier molecular flexibility index (Phi) is 4.69. The molecule has 1 aromatic heterocycles. The molecule has 112 valence electrons. The molecule has 0 atom stereocenters. The van der Waals surface area contributed by atoms with E-state index in [1.807, 2.05) is 0 Å². The zero-order valence-corrected chi connectivity index (χ0v) is 13.1. The molecule has 0 aliphatic heterocycles. The van der Waals surface area contributed by atoms with Gasteiger partial charge in [-0.15, -0.1) is 0 Å². The van der Waals surface area contributed by atoms with E-state index in [0.717, 1.165) is 5.56 Å². The van der Waals surface area contributed by atoms with Gasteiger partial charge in [-0.25, -0.2) is 8.42 Å². The number of halogens is 1. The molecule has 2 rings (SSSR count). The SMILES string of the molecule is CN(c1cc(Cl)ccc1N)S(=O)(=O)CCc1ccncc1. The largest absolute Gasteiger partial charge is 0.397 e. The summed E-state index contributed by atoms with van der Waals surface area (Å²) >= 11 is 5.90. The fourth-order valence-electron chi connectivity index (χ4n) is 1.87. The first-order valence-electron chi connectivity index (χ1n) is 6.31. The molecule has 2 aromatic rings. The van der Waals surface area contributed by atoms with Crippen molar-refractivity contribution in [3.63, 3.8) is 0 Å². The van der Waals surface area contributed by atoms with Gasteiger partial charge in [0.05, 0.1) is 17.1 Å². The summed E-state index contributed by atoms with van der Waals surface area (Å²) in [5.41, 5.74) is 7.50. The van der Waals surface area contributed by atoms with Crippen molar-refractivity contribution in [1.29, 1.82) is 0 Å². The molecule has 2 N–H and O–H groups in total.